The molecule has 134 valence electrons. The van der Waals surface area contributed by atoms with Gasteiger partial charge in [-0.3, -0.25) is 0 Å². The van der Waals surface area contributed by atoms with Gasteiger partial charge in [0.1, 0.15) is 11.4 Å². The Balaban J connectivity index is 2.62. The predicted molar refractivity (Wildman–Crippen MR) is 90.0 cm³/mol. The maximum atomic E-state index is 12.2. The van der Waals surface area contributed by atoms with Crippen molar-refractivity contribution in [3.05, 3.63) is 29.6 Å². The molecule has 1 unspecified atom stereocenters. The molecule has 0 radical (unpaired) electrons. The van der Waals surface area contributed by atoms with Crippen molar-refractivity contribution in [3.63, 3.8) is 0 Å². The summed E-state index contributed by atoms with van der Waals surface area (Å²) in [4.78, 5) is 27.9. The van der Waals surface area contributed by atoms with Crippen LogP contribution in [0.1, 0.15) is 60.5 Å². The zero-order valence-corrected chi connectivity index (χ0v) is 14.7. The van der Waals surface area contributed by atoms with Crippen molar-refractivity contribution >= 4 is 11.9 Å². The minimum absolute atomic E-state index is 0.105. The van der Waals surface area contributed by atoms with Gasteiger partial charge in [-0.25, -0.2) is 14.6 Å². The Morgan fingerprint density at radius 2 is 1.75 bits per heavy atom. The maximum absolute atomic E-state index is 12.2. The number of aromatic nitrogens is 1. The second-order valence-corrected chi connectivity index (χ2v) is 5.52. The molecule has 1 aromatic heterocycles. The Morgan fingerprint density at radius 3 is 2.33 bits per heavy atom. The Morgan fingerprint density at radius 1 is 1.08 bits per heavy atom. The number of unbranched alkanes of at least 4 members (excludes halogenated alkanes) is 1. The average molecular weight is 337 g/mol. The van der Waals surface area contributed by atoms with E-state index in [1.807, 2.05) is 0 Å². The van der Waals surface area contributed by atoms with Gasteiger partial charge in [0.25, 0.3) is 0 Å². The summed E-state index contributed by atoms with van der Waals surface area (Å²) in [6.07, 6.45) is 4.02. The molecule has 6 nitrogen and oxygen atoms in total. The van der Waals surface area contributed by atoms with Gasteiger partial charge >= 0.3 is 11.9 Å². The van der Waals surface area contributed by atoms with Crippen LogP contribution in [-0.4, -0.2) is 43.9 Å². The summed E-state index contributed by atoms with van der Waals surface area (Å²) in [5.41, 5.74) is 0.217. The van der Waals surface area contributed by atoms with Crippen molar-refractivity contribution in [1.29, 1.82) is 0 Å². The molecule has 1 heterocycles. The number of pyridine rings is 1. The van der Waals surface area contributed by atoms with Crippen LogP contribution in [0, 0.1) is 5.92 Å². The van der Waals surface area contributed by atoms with Gasteiger partial charge in [-0.1, -0.05) is 25.8 Å². The molecular formula is C18H27NO5. The van der Waals surface area contributed by atoms with Crippen molar-refractivity contribution in [3.8, 4) is 0 Å². The van der Waals surface area contributed by atoms with Crippen LogP contribution in [-0.2, 0) is 14.2 Å². The lowest BCUT2D eigenvalue weighted by atomic mass is 10.00. The number of carbonyl (C=O) groups is 2. The van der Waals surface area contributed by atoms with E-state index in [0.29, 0.717) is 13.2 Å². The molecule has 0 aliphatic rings. The van der Waals surface area contributed by atoms with E-state index in [4.69, 9.17) is 14.2 Å². The molecule has 0 N–H and O–H groups in total. The van der Waals surface area contributed by atoms with E-state index < -0.39 is 11.9 Å². The van der Waals surface area contributed by atoms with E-state index in [0.717, 1.165) is 25.7 Å². The van der Waals surface area contributed by atoms with Crippen LogP contribution >= 0.6 is 0 Å². The van der Waals surface area contributed by atoms with Crippen LogP contribution in [0.2, 0.25) is 0 Å². The van der Waals surface area contributed by atoms with E-state index in [1.54, 1.807) is 20.1 Å². The molecular weight excluding hydrogens is 310 g/mol. The van der Waals surface area contributed by atoms with E-state index >= 15 is 0 Å². The zero-order valence-electron chi connectivity index (χ0n) is 14.7. The molecule has 6 heteroatoms. The number of ether oxygens (including phenoxy) is 3. The third-order valence-corrected chi connectivity index (χ3v) is 3.59. The molecule has 0 spiro atoms. The molecule has 1 aromatic rings. The summed E-state index contributed by atoms with van der Waals surface area (Å²) >= 11 is 0. The molecule has 0 aliphatic heterocycles. The summed E-state index contributed by atoms with van der Waals surface area (Å²) in [6, 6.07) is 4.63. The highest BCUT2D eigenvalue weighted by Crippen LogP contribution is 2.14. The van der Waals surface area contributed by atoms with Gasteiger partial charge in [-0.15, -0.1) is 0 Å². The van der Waals surface area contributed by atoms with E-state index in [-0.39, 0.29) is 23.9 Å². The lowest BCUT2D eigenvalue weighted by Crippen LogP contribution is -2.18. The topological polar surface area (TPSA) is 74.7 Å². The van der Waals surface area contributed by atoms with Gasteiger partial charge in [0.15, 0.2) is 0 Å². The molecule has 0 aliphatic carbocycles. The minimum Gasteiger partial charge on any atom is -0.461 e. The van der Waals surface area contributed by atoms with E-state index in [2.05, 4.69) is 11.9 Å². The standard InChI is InChI=1S/C18H27NO5/c1-4-6-8-14(11-12-22-3)13-24-18(21)16-10-7-9-15(19-16)17(20)23-5-2/h7,9-10,14H,4-6,8,11-13H2,1-3H3. The molecule has 0 saturated carbocycles. The molecule has 1 atom stereocenters. The number of rotatable bonds is 11. The molecule has 0 saturated heterocycles. The van der Waals surface area contributed by atoms with E-state index in [9.17, 15) is 9.59 Å². The maximum Gasteiger partial charge on any atom is 0.356 e. The molecule has 0 bridgehead atoms. The Hall–Kier alpha value is -1.95. The second-order valence-electron chi connectivity index (χ2n) is 5.52. The number of hydrogen-bond acceptors (Lipinski definition) is 6. The largest absolute Gasteiger partial charge is 0.461 e. The number of hydrogen-bond donors (Lipinski definition) is 0. The summed E-state index contributed by atoms with van der Waals surface area (Å²) in [5.74, 6) is -0.810. The SMILES string of the molecule is CCCCC(CCOC)COC(=O)c1cccc(C(=O)OCC)n1. The Bertz CT molecular complexity index is 510. The van der Waals surface area contributed by atoms with Crippen LogP contribution < -0.4 is 0 Å². The normalized spacial score (nSPS) is 11.8. The zero-order chi connectivity index (χ0) is 17.8. The first-order valence-corrected chi connectivity index (χ1v) is 8.42. The third-order valence-electron chi connectivity index (χ3n) is 3.59. The highest BCUT2D eigenvalue weighted by molar-refractivity contribution is 5.91. The van der Waals surface area contributed by atoms with Crippen molar-refractivity contribution in [2.45, 2.75) is 39.5 Å². The molecule has 0 fully saturated rings. The smallest absolute Gasteiger partial charge is 0.356 e. The fourth-order valence-electron chi connectivity index (χ4n) is 2.22. The highest BCUT2D eigenvalue weighted by Gasteiger charge is 2.16. The van der Waals surface area contributed by atoms with Gasteiger partial charge < -0.3 is 14.2 Å². The van der Waals surface area contributed by atoms with Crippen molar-refractivity contribution < 1.29 is 23.8 Å². The fourth-order valence-corrected chi connectivity index (χ4v) is 2.22. The van der Waals surface area contributed by atoms with Gasteiger partial charge in [-0.05, 0) is 37.8 Å². The number of carbonyl (C=O) groups excluding carboxylic acids is 2. The minimum atomic E-state index is -0.548. The summed E-state index contributed by atoms with van der Waals surface area (Å²) in [7, 11) is 1.66. The van der Waals surface area contributed by atoms with Crippen LogP contribution in [0.5, 0.6) is 0 Å². The summed E-state index contributed by atoms with van der Waals surface area (Å²) in [6.45, 7) is 5.07. The highest BCUT2D eigenvalue weighted by atomic mass is 16.5. The first-order chi connectivity index (χ1) is 11.6. The lowest BCUT2D eigenvalue weighted by Gasteiger charge is -2.16. The summed E-state index contributed by atoms with van der Waals surface area (Å²) in [5, 5.41) is 0. The molecule has 0 aromatic carbocycles. The second kappa shape index (κ2) is 11.6. The average Bonchev–Trinajstić information content (AvgIpc) is 2.61. The van der Waals surface area contributed by atoms with Crippen LogP contribution in [0.4, 0.5) is 0 Å². The monoisotopic (exact) mass is 337 g/mol. The summed E-state index contributed by atoms with van der Waals surface area (Å²) < 4.78 is 15.4. The van der Waals surface area contributed by atoms with Crippen molar-refractivity contribution in [1.82, 2.24) is 4.98 Å². The fraction of sp³-hybridized carbons (Fsp3) is 0.611. The third kappa shape index (κ3) is 7.08. The Kier molecular flexibility index (Phi) is 9.68. The Labute approximate surface area is 143 Å². The molecule has 24 heavy (non-hydrogen) atoms. The van der Waals surface area contributed by atoms with Gasteiger partial charge in [0.05, 0.1) is 13.2 Å². The van der Waals surface area contributed by atoms with Crippen LogP contribution in [0.3, 0.4) is 0 Å². The van der Waals surface area contributed by atoms with Crippen LogP contribution in [0.25, 0.3) is 0 Å². The predicted octanol–water partition coefficient (Wildman–Crippen LogP) is 3.26. The number of methoxy groups -OCH3 is 1. The van der Waals surface area contributed by atoms with Gasteiger partial charge in [-0.2, -0.15) is 0 Å². The first kappa shape index (κ1) is 20.1. The van der Waals surface area contributed by atoms with Crippen LogP contribution in [0.15, 0.2) is 18.2 Å². The molecule has 0 amide bonds. The van der Waals surface area contributed by atoms with Gasteiger partial charge in [0.2, 0.25) is 0 Å². The molecule has 1 rings (SSSR count). The number of nitrogens with zero attached hydrogens (tertiary/aromatic N) is 1. The lowest BCUT2D eigenvalue weighted by molar-refractivity contribution is 0.0392. The first-order valence-electron chi connectivity index (χ1n) is 8.42. The van der Waals surface area contributed by atoms with Crippen molar-refractivity contribution in [2.75, 3.05) is 26.9 Å². The number of esters is 2. The van der Waals surface area contributed by atoms with Crippen molar-refractivity contribution in [2.24, 2.45) is 5.92 Å². The van der Waals surface area contributed by atoms with E-state index in [1.165, 1.54) is 12.1 Å². The quantitative estimate of drug-likeness (QED) is 0.577. The van der Waals surface area contributed by atoms with Gasteiger partial charge in [0, 0.05) is 13.7 Å².